The fourth-order valence-corrected chi connectivity index (χ4v) is 2.37. The molecular weight excluding hydrogens is 305 g/mol. The molecule has 0 unspecified atom stereocenters. The molecule has 2 rings (SSSR count). The van der Waals surface area contributed by atoms with Crippen LogP contribution < -0.4 is 5.32 Å². The SMILES string of the molecule is O=C(CCc1ccc(Cl)cc1)NCCc1cccc(Cl)c1. The first-order chi connectivity index (χ1) is 10.1. The lowest BCUT2D eigenvalue weighted by Crippen LogP contribution is -2.25. The first-order valence-electron chi connectivity index (χ1n) is 6.89. The van der Waals surface area contributed by atoms with Crippen LogP contribution in [0.2, 0.25) is 10.0 Å². The van der Waals surface area contributed by atoms with Gasteiger partial charge in [-0.2, -0.15) is 0 Å². The largest absolute Gasteiger partial charge is 0.356 e. The van der Waals surface area contributed by atoms with Crippen LogP contribution in [0, 0.1) is 0 Å². The Balaban J connectivity index is 1.69. The molecule has 0 heterocycles. The average molecular weight is 322 g/mol. The van der Waals surface area contributed by atoms with Gasteiger partial charge in [0.1, 0.15) is 0 Å². The predicted octanol–water partition coefficient (Wildman–Crippen LogP) is 4.28. The van der Waals surface area contributed by atoms with Crippen molar-refractivity contribution in [3.05, 3.63) is 69.7 Å². The molecule has 4 heteroatoms. The lowest BCUT2D eigenvalue weighted by Gasteiger charge is -2.06. The van der Waals surface area contributed by atoms with Crippen molar-refractivity contribution < 1.29 is 4.79 Å². The molecule has 0 saturated heterocycles. The minimum absolute atomic E-state index is 0.0620. The van der Waals surface area contributed by atoms with E-state index in [1.54, 1.807) is 0 Å². The Bertz CT molecular complexity index is 596. The topological polar surface area (TPSA) is 29.1 Å². The van der Waals surface area contributed by atoms with E-state index in [0.29, 0.717) is 18.0 Å². The fraction of sp³-hybridized carbons (Fsp3) is 0.235. The zero-order chi connectivity index (χ0) is 15.1. The van der Waals surface area contributed by atoms with E-state index >= 15 is 0 Å². The standard InChI is InChI=1S/C17H17Cl2NO/c18-15-7-4-13(5-8-15)6-9-17(21)20-11-10-14-2-1-3-16(19)12-14/h1-5,7-8,12H,6,9-11H2,(H,20,21). The lowest BCUT2D eigenvalue weighted by atomic mass is 10.1. The van der Waals surface area contributed by atoms with E-state index < -0.39 is 0 Å². The quantitative estimate of drug-likeness (QED) is 0.845. The van der Waals surface area contributed by atoms with Crippen molar-refractivity contribution >= 4 is 29.1 Å². The fourth-order valence-electron chi connectivity index (χ4n) is 2.04. The lowest BCUT2D eigenvalue weighted by molar-refractivity contribution is -0.121. The van der Waals surface area contributed by atoms with Crippen LogP contribution in [-0.2, 0) is 17.6 Å². The second-order valence-corrected chi connectivity index (χ2v) is 5.73. The second kappa shape index (κ2) is 8.06. The zero-order valence-electron chi connectivity index (χ0n) is 11.6. The maximum absolute atomic E-state index is 11.8. The van der Waals surface area contributed by atoms with Crippen molar-refractivity contribution in [2.75, 3.05) is 6.54 Å². The van der Waals surface area contributed by atoms with Crippen LogP contribution in [0.15, 0.2) is 48.5 Å². The molecule has 2 aromatic carbocycles. The molecule has 0 aliphatic rings. The van der Waals surface area contributed by atoms with Crippen LogP contribution in [-0.4, -0.2) is 12.5 Å². The minimum atomic E-state index is 0.0620. The molecule has 1 amide bonds. The molecule has 0 atom stereocenters. The van der Waals surface area contributed by atoms with Crippen molar-refractivity contribution in [1.29, 1.82) is 0 Å². The monoisotopic (exact) mass is 321 g/mol. The second-order valence-electron chi connectivity index (χ2n) is 4.86. The van der Waals surface area contributed by atoms with Gasteiger partial charge in [0.05, 0.1) is 0 Å². The van der Waals surface area contributed by atoms with Gasteiger partial charge in [0.25, 0.3) is 0 Å². The van der Waals surface area contributed by atoms with Gasteiger partial charge in [0.2, 0.25) is 5.91 Å². The minimum Gasteiger partial charge on any atom is -0.356 e. The summed E-state index contributed by atoms with van der Waals surface area (Å²) in [4.78, 5) is 11.8. The van der Waals surface area contributed by atoms with E-state index in [1.807, 2.05) is 48.5 Å². The predicted molar refractivity (Wildman–Crippen MR) is 87.9 cm³/mol. The molecule has 0 spiro atoms. The molecule has 0 bridgehead atoms. The number of aryl methyl sites for hydroxylation is 1. The number of hydrogen-bond donors (Lipinski definition) is 1. The number of carbonyl (C=O) groups excluding carboxylic acids is 1. The summed E-state index contributed by atoms with van der Waals surface area (Å²) in [5.41, 5.74) is 2.24. The molecule has 2 nitrogen and oxygen atoms in total. The van der Waals surface area contributed by atoms with Gasteiger partial charge in [-0.15, -0.1) is 0 Å². The van der Waals surface area contributed by atoms with Crippen molar-refractivity contribution in [2.45, 2.75) is 19.3 Å². The Hall–Kier alpha value is -1.51. The van der Waals surface area contributed by atoms with E-state index in [9.17, 15) is 4.79 Å². The molecule has 2 aromatic rings. The van der Waals surface area contributed by atoms with E-state index in [2.05, 4.69) is 5.32 Å². The van der Waals surface area contributed by atoms with Gasteiger partial charge in [-0.1, -0.05) is 47.5 Å². The number of rotatable bonds is 6. The normalized spacial score (nSPS) is 10.4. The van der Waals surface area contributed by atoms with Crippen LogP contribution in [0.4, 0.5) is 0 Å². The maximum atomic E-state index is 11.8. The molecule has 0 saturated carbocycles. The number of benzene rings is 2. The number of amides is 1. The van der Waals surface area contributed by atoms with Crippen LogP contribution in [0.3, 0.4) is 0 Å². The summed E-state index contributed by atoms with van der Waals surface area (Å²) in [5, 5.41) is 4.36. The molecule has 0 fully saturated rings. The molecule has 21 heavy (non-hydrogen) atoms. The molecule has 0 radical (unpaired) electrons. The highest BCUT2D eigenvalue weighted by atomic mass is 35.5. The number of carbonyl (C=O) groups is 1. The Morgan fingerprint density at radius 2 is 1.67 bits per heavy atom. The van der Waals surface area contributed by atoms with Gasteiger partial charge in [0.15, 0.2) is 0 Å². The van der Waals surface area contributed by atoms with Gasteiger partial charge >= 0.3 is 0 Å². The highest BCUT2D eigenvalue weighted by Gasteiger charge is 2.02. The molecular formula is C17H17Cl2NO. The Labute approximate surface area is 135 Å². The first-order valence-corrected chi connectivity index (χ1v) is 7.64. The number of hydrogen-bond acceptors (Lipinski definition) is 1. The smallest absolute Gasteiger partial charge is 0.220 e. The summed E-state index contributed by atoms with van der Waals surface area (Å²) in [7, 11) is 0. The van der Waals surface area contributed by atoms with Crippen LogP contribution >= 0.6 is 23.2 Å². The summed E-state index contributed by atoms with van der Waals surface area (Å²) in [5.74, 6) is 0.0620. The van der Waals surface area contributed by atoms with Crippen molar-refractivity contribution in [2.24, 2.45) is 0 Å². The van der Waals surface area contributed by atoms with E-state index in [4.69, 9.17) is 23.2 Å². The zero-order valence-corrected chi connectivity index (χ0v) is 13.1. The average Bonchev–Trinajstić information content (AvgIpc) is 2.47. The maximum Gasteiger partial charge on any atom is 0.220 e. The summed E-state index contributed by atoms with van der Waals surface area (Å²) in [6.07, 6.45) is 1.99. The third kappa shape index (κ3) is 5.78. The van der Waals surface area contributed by atoms with Crippen molar-refractivity contribution in [3.8, 4) is 0 Å². The third-order valence-corrected chi connectivity index (χ3v) is 3.67. The third-order valence-electron chi connectivity index (χ3n) is 3.18. The Kier molecular flexibility index (Phi) is 6.09. The van der Waals surface area contributed by atoms with E-state index in [0.717, 1.165) is 29.0 Å². The summed E-state index contributed by atoms with van der Waals surface area (Å²) >= 11 is 11.7. The summed E-state index contributed by atoms with van der Waals surface area (Å²) < 4.78 is 0. The van der Waals surface area contributed by atoms with Gasteiger partial charge in [-0.25, -0.2) is 0 Å². The van der Waals surface area contributed by atoms with Gasteiger partial charge < -0.3 is 5.32 Å². The Morgan fingerprint density at radius 3 is 2.38 bits per heavy atom. The van der Waals surface area contributed by atoms with Gasteiger partial charge in [-0.3, -0.25) is 4.79 Å². The van der Waals surface area contributed by atoms with Crippen LogP contribution in [0.5, 0.6) is 0 Å². The van der Waals surface area contributed by atoms with E-state index in [1.165, 1.54) is 0 Å². The highest BCUT2D eigenvalue weighted by molar-refractivity contribution is 6.30. The van der Waals surface area contributed by atoms with Crippen molar-refractivity contribution in [3.63, 3.8) is 0 Å². The highest BCUT2D eigenvalue weighted by Crippen LogP contribution is 2.12. The molecule has 1 N–H and O–H groups in total. The van der Waals surface area contributed by atoms with Crippen LogP contribution in [0.1, 0.15) is 17.5 Å². The number of halogens is 2. The van der Waals surface area contributed by atoms with Crippen LogP contribution in [0.25, 0.3) is 0 Å². The molecule has 110 valence electrons. The van der Waals surface area contributed by atoms with Gasteiger partial charge in [0, 0.05) is 23.0 Å². The summed E-state index contributed by atoms with van der Waals surface area (Å²) in [6.45, 7) is 0.625. The van der Waals surface area contributed by atoms with E-state index in [-0.39, 0.29) is 5.91 Å². The number of nitrogens with one attached hydrogen (secondary N) is 1. The Morgan fingerprint density at radius 1 is 0.905 bits per heavy atom. The first kappa shape index (κ1) is 15.9. The van der Waals surface area contributed by atoms with Crippen molar-refractivity contribution in [1.82, 2.24) is 5.32 Å². The molecule has 0 aliphatic carbocycles. The summed E-state index contributed by atoms with van der Waals surface area (Å²) in [6, 6.07) is 15.3. The molecule has 0 aliphatic heterocycles. The molecule has 0 aromatic heterocycles. The van der Waals surface area contributed by atoms with Gasteiger partial charge in [-0.05, 0) is 48.2 Å².